The largest absolute Gasteiger partial charge is 0.494 e. The molecule has 0 saturated carbocycles. The van der Waals surface area contributed by atoms with Gasteiger partial charge in [0.25, 0.3) is 0 Å². The maximum atomic E-state index is 13.6. The van der Waals surface area contributed by atoms with Crippen molar-refractivity contribution >= 4 is 32.6 Å². The number of nitrogens with one attached hydrogen (secondary N) is 1. The number of halogens is 1. The Balaban J connectivity index is 1.46. The van der Waals surface area contributed by atoms with Crippen molar-refractivity contribution in [1.82, 2.24) is 4.98 Å². The molecule has 0 aliphatic rings. The van der Waals surface area contributed by atoms with Crippen LogP contribution in [-0.4, -0.2) is 17.5 Å². The first-order chi connectivity index (χ1) is 11.6. The second kappa shape index (κ2) is 7.40. The molecule has 3 rings (SSSR count). The predicted octanol–water partition coefficient (Wildman–Crippen LogP) is 4.54. The van der Waals surface area contributed by atoms with Crippen LogP contribution in [0.5, 0.6) is 5.75 Å². The van der Waals surface area contributed by atoms with Gasteiger partial charge < -0.3 is 10.1 Å². The number of aryl methyl sites for hydroxylation is 1. The van der Waals surface area contributed by atoms with Crippen LogP contribution in [0.1, 0.15) is 18.4 Å². The minimum Gasteiger partial charge on any atom is -0.494 e. The van der Waals surface area contributed by atoms with Crippen LogP contribution in [0.4, 0.5) is 9.52 Å². The lowest BCUT2D eigenvalue weighted by Gasteiger charge is -2.06. The molecule has 0 aliphatic heterocycles. The number of thiazole rings is 1. The normalized spacial score (nSPS) is 10.8. The molecule has 1 aromatic heterocycles. The highest BCUT2D eigenvalue weighted by Crippen LogP contribution is 2.27. The molecule has 2 aromatic carbocycles. The van der Waals surface area contributed by atoms with Gasteiger partial charge in [-0.2, -0.15) is 0 Å². The predicted molar refractivity (Wildman–Crippen MR) is 94.1 cm³/mol. The zero-order valence-electron chi connectivity index (χ0n) is 13.2. The van der Waals surface area contributed by atoms with Crippen molar-refractivity contribution in [3.63, 3.8) is 0 Å². The maximum absolute atomic E-state index is 13.6. The summed E-state index contributed by atoms with van der Waals surface area (Å²) in [6, 6.07) is 12.5. The summed E-state index contributed by atoms with van der Waals surface area (Å²) in [5, 5.41) is 3.13. The molecule has 0 spiro atoms. The zero-order chi connectivity index (χ0) is 16.9. The van der Waals surface area contributed by atoms with Crippen molar-refractivity contribution < 1.29 is 13.9 Å². The van der Waals surface area contributed by atoms with E-state index in [0.29, 0.717) is 34.8 Å². The molecule has 6 heteroatoms. The monoisotopic (exact) mass is 344 g/mol. The minimum absolute atomic E-state index is 0.151. The number of hydrogen-bond acceptors (Lipinski definition) is 4. The summed E-state index contributed by atoms with van der Waals surface area (Å²) in [5.74, 6) is 0.264. The molecule has 0 unspecified atom stereocenters. The van der Waals surface area contributed by atoms with E-state index in [1.807, 2.05) is 31.2 Å². The minimum atomic E-state index is -0.379. The summed E-state index contributed by atoms with van der Waals surface area (Å²) in [6.07, 6.45) is 0.920. The molecule has 1 N–H and O–H groups in total. The van der Waals surface area contributed by atoms with E-state index in [9.17, 15) is 9.18 Å². The molecule has 124 valence electrons. The molecule has 0 saturated heterocycles. The highest BCUT2D eigenvalue weighted by atomic mass is 32.1. The van der Waals surface area contributed by atoms with Crippen molar-refractivity contribution in [2.45, 2.75) is 19.8 Å². The van der Waals surface area contributed by atoms with Gasteiger partial charge in [-0.25, -0.2) is 9.37 Å². The van der Waals surface area contributed by atoms with Gasteiger partial charge in [0.15, 0.2) is 5.13 Å². The molecule has 0 atom stereocenters. The Morgan fingerprint density at radius 1 is 1.25 bits per heavy atom. The summed E-state index contributed by atoms with van der Waals surface area (Å²) in [6.45, 7) is 2.48. The van der Waals surface area contributed by atoms with Crippen molar-refractivity contribution in [3.05, 3.63) is 53.8 Å². The van der Waals surface area contributed by atoms with Crippen LogP contribution < -0.4 is 10.1 Å². The third-order valence-electron chi connectivity index (χ3n) is 3.45. The van der Waals surface area contributed by atoms with Gasteiger partial charge in [-0.1, -0.05) is 35.1 Å². The van der Waals surface area contributed by atoms with Crippen molar-refractivity contribution in [2.24, 2.45) is 0 Å². The zero-order valence-corrected chi connectivity index (χ0v) is 14.0. The van der Waals surface area contributed by atoms with Crippen LogP contribution in [0.15, 0.2) is 42.5 Å². The second-order valence-corrected chi connectivity index (χ2v) is 6.45. The van der Waals surface area contributed by atoms with Crippen LogP contribution in [0.3, 0.4) is 0 Å². The topological polar surface area (TPSA) is 51.2 Å². The van der Waals surface area contributed by atoms with E-state index < -0.39 is 0 Å². The number of benzene rings is 2. The quantitative estimate of drug-likeness (QED) is 0.668. The Bertz CT molecular complexity index is 846. The Labute approximate surface area is 143 Å². The molecular weight excluding hydrogens is 327 g/mol. The standard InChI is InChI=1S/C18H17FN2O2S/c1-12-7-9-13(10-8-12)23-11-3-6-16(22)20-18-21-17-14(19)4-2-5-15(17)24-18/h2,4-5,7-10H,3,6,11H2,1H3,(H,20,21,22). The molecular formula is C18H17FN2O2S. The number of ether oxygens (including phenoxy) is 1. The lowest BCUT2D eigenvalue weighted by Crippen LogP contribution is -2.12. The highest BCUT2D eigenvalue weighted by molar-refractivity contribution is 7.22. The van der Waals surface area contributed by atoms with E-state index in [1.165, 1.54) is 23.0 Å². The van der Waals surface area contributed by atoms with Gasteiger partial charge in [0.2, 0.25) is 5.91 Å². The van der Waals surface area contributed by atoms with Crippen molar-refractivity contribution in [2.75, 3.05) is 11.9 Å². The van der Waals surface area contributed by atoms with Crippen molar-refractivity contribution in [3.8, 4) is 5.75 Å². The second-order valence-electron chi connectivity index (χ2n) is 5.42. The fourth-order valence-electron chi connectivity index (χ4n) is 2.21. The third kappa shape index (κ3) is 4.08. The number of hydrogen-bond donors (Lipinski definition) is 1. The van der Waals surface area contributed by atoms with Crippen LogP contribution in [0, 0.1) is 12.7 Å². The lowest BCUT2D eigenvalue weighted by atomic mass is 10.2. The van der Waals surface area contributed by atoms with E-state index in [2.05, 4.69) is 10.3 Å². The summed E-state index contributed by atoms with van der Waals surface area (Å²) >= 11 is 1.26. The van der Waals surface area contributed by atoms with E-state index >= 15 is 0 Å². The number of carbonyl (C=O) groups excluding carboxylic acids is 1. The first kappa shape index (κ1) is 16.4. The first-order valence-electron chi connectivity index (χ1n) is 7.66. The molecule has 0 fully saturated rings. The number of para-hydroxylation sites is 1. The first-order valence-corrected chi connectivity index (χ1v) is 8.48. The Morgan fingerprint density at radius 2 is 2.04 bits per heavy atom. The van der Waals surface area contributed by atoms with E-state index in [1.54, 1.807) is 12.1 Å². The third-order valence-corrected chi connectivity index (χ3v) is 4.39. The SMILES string of the molecule is Cc1ccc(OCCCC(=O)Nc2nc3c(F)cccc3s2)cc1. The van der Waals surface area contributed by atoms with Crippen LogP contribution >= 0.6 is 11.3 Å². The number of fused-ring (bicyclic) bond motifs is 1. The van der Waals surface area contributed by atoms with Gasteiger partial charge in [0.1, 0.15) is 17.1 Å². The average Bonchev–Trinajstić information content (AvgIpc) is 2.97. The smallest absolute Gasteiger partial charge is 0.226 e. The summed E-state index contributed by atoms with van der Waals surface area (Å²) in [7, 11) is 0. The number of rotatable bonds is 6. The fourth-order valence-corrected chi connectivity index (χ4v) is 3.10. The number of anilines is 1. The van der Waals surface area contributed by atoms with E-state index in [4.69, 9.17) is 4.74 Å². The van der Waals surface area contributed by atoms with Gasteiger partial charge in [0.05, 0.1) is 11.3 Å². The number of aromatic nitrogens is 1. The van der Waals surface area contributed by atoms with Gasteiger partial charge in [-0.05, 0) is 37.6 Å². The summed E-state index contributed by atoms with van der Waals surface area (Å²) in [5.41, 5.74) is 1.47. The van der Waals surface area contributed by atoms with Crippen LogP contribution in [0.2, 0.25) is 0 Å². The van der Waals surface area contributed by atoms with Crippen LogP contribution in [0.25, 0.3) is 10.2 Å². The molecule has 1 heterocycles. The molecule has 0 aliphatic carbocycles. The van der Waals surface area contributed by atoms with Crippen molar-refractivity contribution in [1.29, 1.82) is 0 Å². The Hall–Kier alpha value is -2.47. The molecule has 1 amide bonds. The number of amides is 1. The summed E-state index contributed by atoms with van der Waals surface area (Å²) < 4.78 is 19.9. The van der Waals surface area contributed by atoms with Crippen LogP contribution in [-0.2, 0) is 4.79 Å². The van der Waals surface area contributed by atoms with Gasteiger partial charge in [0, 0.05) is 6.42 Å². The fraction of sp³-hybridized carbons (Fsp3) is 0.222. The molecule has 24 heavy (non-hydrogen) atoms. The number of nitrogens with zero attached hydrogens (tertiary/aromatic N) is 1. The molecule has 3 aromatic rings. The Kier molecular flexibility index (Phi) is 5.05. The molecule has 0 radical (unpaired) electrons. The Morgan fingerprint density at radius 3 is 2.79 bits per heavy atom. The van der Waals surface area contributed by atoms with Gasteiger partial charge >= 0.3 is 0 Å². The van der Waals surface area contributed by atoms with Gasteiger partial charge in [-0.15, -0.1) is 0 Å². The summed E-state index contributed by atoms with van der Waals surface area (Å²) in [4.78, 5) is 16.1. The maximum Gasteiger partial charge on any atom is 0.226 e. The highest BCUT2D eigenvalue weighted by Gasteiger charge is 2.10. The van der Waals surface area contributed by atoms with Gasteiger partial charge in [-0.3, -0.25) is 4.79 Å². The molecule has 0 bridgehead atoms. The van der Waals surface area contributed by atoms with E-state index in [-0.39, 0.29) is 11.7 Å². The lowest BCUT2D eigenvalue weighted by molar-refractivity contribution is -0.116. The van der Waals surface area contributed by atoms with E-state index in [0.717, 1.165) is 5.75 Å². The average molecular weight is 344 g/mol. The number of carbonyl (C=O) groups is 1. The molecule has 4 nitrogen and oxygen atoms in total.